The van der Waals surface area contributed by atoms with E-state index in [1.807, 2.05) is 0 Å². The molecule has 0 amide bonds. The first-order chi connectivity index (χ1) is 14.4. The molecule has 3 aromatic rings. The highest BCUT2D eigenvalue weighted by Crippen LogP contribution is 2.33. The molecule has 0 aliphatic heterocycles. The summed E-state index contributed by atoms with van der Waals surface area (Å²) in [5.41, 5.74) is -0.119. The van der Waals surface area contributed by atoms with Gasteiger partial charge < -0.3 is 4.74 Å². The molecule has 1 aromatic heterocycles. The summed E-state index contributed by atoms with van der Waals surface area (Å²) in [5.74, 6) is -1.39. The van der Waals surface area contributed by atoms with Crippen molar-refractivity contribution >= 4 is 49.2 Å². The van der Waals surface area contributed by atoms with Gasteiger partial charge in [0, 0.05) is 23.4 Å². The van der Waals surface area contributed by atoms with Gasteiger partial charge in [-0.15, -0.1) is 0 Å². The van der Waals surface area contributed by atoms with E-state index in [1.165, 1.54) is 12.1 Å². The number of pyridine rings is 1. The van der Waals surface area contributed by atoms with Crippen molar-refractivity contribution in [3.63, 3.8) is 0 Å². The summed E-state index contributed by atoms with van der Waals surface area (Å²) in [5, 5.41) is 4.87. The van der Waals surface area contributed by atoms with E-state index in [2.05, 4.69) is 15.9 Å². The number of ether oxygens (including phenoxy) is 1. The number of hydrogen-bond acceptors (Lipinski definition) is 4. The van der Waals surface area contributed by atoms with Crippen molar-refractivity contribution in [1.29, 1.82) is 0 Å². The third kappa shape index (κ3) is 4.93. The average Bonchev–Trinajstić information content (AvgIpc) is 2.66. The number of aromatic nitrogens is 1. The van der Waals surface area contributed by atoms with Crippen LogP contribution in [-0.2, 0) is 16.6 Å². The summed E-state index contributed by atoms with van der Waals surface area (Å²) < 4.78 is 56.7. The minimum atomic E-state index is -4.06. The van der Waals surface area contributed by atoms with Gasteiger partial charge in [-0.3, -0.25) is 9.36 Å². The van der Waals surface area contributed by atoms with Crippen molar-refractivity contribution in [3.8, 4) is 11.4 Å². The molecule has 164 valence electrons. The Bertz CT molecular complexity index is 1340. The quantitative estimate of drug-likeness (QED) is 0.495. The van der Waals surface area contributed by atoms with Crippen molar-refractivity contribution in [2.45, 2.75) is 18.4 Å². The zero-order chi connectivity index (χ0) is 23.1. The maximum Gasteiger partial charge on any atom is 0.273 e. The Morgan fingerprint density at radius 3 is 2.29 bits per heavy atom. The van der Waals surface area contributed by atoms with Crippen molar-refractivity contribution in [3.05, 3.63) is 84.2 Å². The van der Waals surface area contributed by atoms with Crippen LogP contribution in [0.25, 0.3) is 5.69 Å². The lowest BCUT2D eigenvalue weighted by molar-refractivity contribution is 0.296. The number of rotatable bonds is 5. The minimum absolute atomic E-state index is 0.0109. The molecule has 0 atom stereocenters. The van der Waals surface area contributed by atoms with Gasteiger partial charge in [-0.1, -0.05) is 23.2 Å². The van der Waals surface area contributed by atoms with E-state index >= 15 is 0 Å². The van der Waals surface area contributed by atoms with Gasteiger partial charge in [-0.05, 0) is 47.1 Å². The topological polar surface area (TPSA) is 91.4 Å². The van der Waals surface area contributed by atoms with Crippen LogP contribution in [0.15, 0.2) is 50.6 Å². The van der Waals surface area contributed by atoms with Crippen molar-refractivity contribution in [2.24, 2.45) is 5.14 Å². The van der Waals surface area contributed by atoms with Crippen LogP contribution in [0.4, 0.5) is 8.78 Å². The highest BCUT2D eigenvalue weighted by molar-refractivity contribution is 9.10. The Morgan fingerprint density at radius 1 is 1.13 bits per heavy atom. The smallest absolute Gasteiger partial charge is 0.273 e. The molecule has 0 spiro atoms. The molecular weight excluding hydrogens is 541 g/mol. The van der Waals surface area contributed by atoms with E-state index in [0.29, 0.717) is 5.69 Å². The number of halogens is 5. The zero-order valence-electron chi connectivity index (χ0n) is 15.6. The Morgan fingerprint density at radius 2 is 1.74 bits per heavy atom. The molecule has 12 heteroatoms. The van der Waals surface area contributed by atoms with E-state index in [0.717, 1.165) is 28.8 Å². The molecule has 6 nitrogen and oxygen atoms in total. The van der Waals surface area contributed by atoms with Gasteiger partial charge in [-0.2, -0.15) is 0 Å². The van der Waals surface area contributed by atoms with Crippen LogP contribution in [0.5, 0.6) is 5.75 Å². The number of hydrogen-bond donors (Lipinski definition) is 1. The third-order valence-electron chi connectivity index (χ3n) is 4.24. The Labute approximate surface area is 194 Å². The normalized spacial score (nSPS) is 11.6. The second kappa shape index (κ2) is 8.87. The maximum absolute atomic E-state index is 13.8. The van der Waals surface area contributed by atoms with Crippen LogP contribution in [0, 0.1) is 18.6 Å². The molecule has 0 aliphatic carbocycles. The monoisotopic (exact) mass is 552 g/mol. The fourth-order valence-electron chi connectivity index (χ4n) is 2.78. The number of benzene rings is 2. The maximum atomic E-state index is 13.8. The standard InChI is InChI=1S/C19H13BrCl2F2N2O4S/c1-9-4-16(30-8-10-2-3-11(23)5-15(10)24)17(20)19(27)26(9)18-13(21)6-12(7-14(18)22)31(25,28)29/h2-7H,8H2,1H3,(H2,25,28,29). The first-order valence-corrected chi connectivity index (χ1v) is 11.5. The fourth-order valence-corrected chi connectivity index (χ4v) is 4.53. The molecule has 0 bridgehead atoms. The first kappa shape index (κ1) is 23.7. The lowest BCUT2D eigenvalue weighted by Crippen LogP contribution is -2.23. The molecule has 3 rings (SSSR count). The predicted octanol–water partition coefficient (Wildman–Crippen LogP) is 4.72. The summed E-state index contributed by atoms with van der Waals surface area (Å²) in [6, 6.07) is 6.70. The first-order valence-electron chi connectivity index (χ1n) is 8.41. The molecule has 0 saturated carbocycles. The van der Waals surface area contributed by atoms with Crippen molar-refractivity contribution in [2.75, 3.05) is 0 Å². The summed E-state index contributed by atoms with van der Waals surface area (Å²) in [4.78, 5) is 12.7. The Balaban J connectivity index is 2.04. The number of nitrogens with zero attached hydrogens (tertiary/aromatic N) is 1. The van der Waals surface area contributed by atoms with Crippen LogP contribution < -0.4 is 15.4 Å². The highest BCUT2D eigenvalue weighted by Gasteiger charge is 2.21. The van der Waals surface area contributed by atoms with Crippen molar-refractivity contribution < 1.29 is 21.9 Å². The molecule has 31 heavy (non-hydrogen) atoms. The van der Waals surface area contributed by atoms with Crippen molar-refractivity contribution in [1.82, 2.24) is 4.57 Å². The van der Waals surface area contributed by atoms with Gasteiger partial charge >= 0.3 is 0 Å². The van der Waals surface area contributed by atoms with Crippen LogP contribution in [0.3, 0.4) is 0 Å². The molecular formula is C19H13BrCl2F2N2O4S. The summed E-state index contributed by atoms with van der Waals surface area (Å²) >= 11 is 15.5. The zero-order valence-corrected chi connectivity index (χ0v) is 19.5. The molecule has 0 saturated heterocycles. The van der Waals surface area contributed by atoms with E-state index in [9.17, 15) is 22.0 Å². The molecule has 2 aromatic carbocycles. The van der Waals surface area contributed by atoms with Gasteiger partial charge in [0.2, 0.25) is 10.0 Å². The molecule has 0 unspecified atom stereocenters. The Hall–Kier alpha value is -1.98. The number of aryl methyl sites for hydroxylation is 1. The van der Waals surface area contributed by atoms with Crippen LogP contribution in [-0.4, -0.2) is 13.0 Å². The van der Waals surface area contributed by atoms with Crippen LogP contribution in [0.2, 0.25) is 10.0 Å². The summed E-state index contributed by atoms with van der Waals surface area (Å²) in [6.45, 7) is 1.32. The minimum Gasteiger partial charge on any atom is -0.487 e. The number of sulfonamides is 1. The molecule has 0 fully saturated rings. The van der Waals surface area contributed by atoms with E-state index in [1.54, 1.807) is 6.92 Å². The summed E-state index contributed by atoms with van der Waals surface area (Å²) in [7, 11) is -4.06. The van der Waals surface area contributed by atoms with Crippen LogP contribution >= 0.6 is 39.1 Å². The lowest BCUT2D eigenvalue weighted by Gasteiger charge is -2.17. The SMILES string of the molecule is Cc1cc(OCc2ccc(F)cc2F)c(Br)c(=O)n1-c1c(Cl)cc(S(N)(=O)=O)cc1Cl. The molecule has 2 N–H and O–H groups in total. The fraction of sp³-hybridized carbons (Fsp3) is 0.105. The highest BCUT2D eigenvalue weighted by atomic mass is 79.9. The van der Waals surface area contributed by atoms with E-state index in [4.69, 9.17) is 33.1 Å². The van der Waals surface area contributed by atoms with Gasteiger partial charge in [-0.25, -0.2) is 22.3 Å². The van der Waals surface area contributed by atoms with E-state index in [-0.39, 0.29) is 43.0 Å². The Kier molecular flexibility index (Phi) is 6.78. The number of primary sulfonamides is 1. The lowest BCUT2D eigenvalue weighted by atomic mass is 10.2. The van der Waals surface area contributed by atoms with Gasteiger partial charge in [0.1, 0.15) is 28.5 Å². The van der Waals surface area contributed by atoms with E-state index < -0.39 is 27.2 Å². The predicted molar refractivity (Wildman–Crippen MR) is 117 cm³/mol. The second-order valence-corrected chi connectivity index (χ2v) is 9.58. The van der Waals surface area contributed by atoms with Gasteiger partial charge in [0.15, 0.2) is 0 Å². The van der Waals surface area contributed by atoms with Gasteiger partial charge in [0.25, 0.3) is 5.56 Å². The summed E-state index contributed by atoms with van der Waals surface area (Å²) in [6.07, 6.45) is 0. The average molecular weight is 554 g/mol. The number of nitrogens with two attached hydrogens (primary N) is 1. The molecule has 0 aliphatic rings. The molecule has 1 heterocycles. The largest absolute Gasteiger partial charge is 0.487 e. The van der Waals surface area contributed by atoms with Gasteiger partial charge in [0.05, 0.1) is 20.6 Å². The van der Waals surface area contributed by atoms with Crippen LogP contribution in [0.1, 0.15) is 11.3 Å². The molecule has 0 radical (unpaired) electrons. The second-order valence-electron chi connectivity index (χ2n) is 6.41. The third-order valence-corrected chi connectivity index (χ3v) is 6.44.